The van der Waals surface area contributed by atoms with Crippen molar-refractivity contribution in [2.75, 3.05) is 6.54 Å². The molecule has 2 bridgehead atoms. The number of hydrogen-bond acceptors (Lipinski definition) is 5. The number of amides is 1. The molecule has 3 fully saturated rings. The van der Waals surface area contributed by atoms with E-state index in [-0.39, 0.29) is 48.4 Å². The Labute approximate surface area is 129 Å². The van der Waals surface area contributed by atoms with Crippen LogP contribution in [0.1, 0.15) is 40.0 Å². The Bertz CT molecular complexity index is 515. The van der Waals surface area contributed by atoms with Gasteiger partial charge in [0, 0.05) is 17.3 Å². The molecule has 6 heteroatoms. The first kappa shape index (κ1) is 15.3. The fourth-order valence-corrected chi connectivity index (χ4v) is 3.81. The summed E-state index contributed by atoms with van der Waals surface area (Å²) >= 11 is 0. The first-order valence-corrected chi connectivity index (χ1v) is 8.01. The lowest BCUT2D eigenvalue weighted by molar-refractivity contribution is -0.161. The minimum Gasteiger partial charge on any atom is -0.458 e. The van der Waals surface area contributed by atoms with Crippen LogP contribution in [0.15, 0.2) is 0 Å². The molecule has 6 nitrogen and oxygen atoms in total. The molecule has 22 heavy (non-hydrogen) atoms. The van der Waals surface area contributed by atoms with Gasteiger partial charge in [0.15, 0.2) is 0 Å². The van der Waals surface area contributed by atoms with Gasteiger partial charge in [-0.3, -0.25) is 14.4 Å². The molecule has 0 aromatic rings. The predicted molar refractivity (Wildman–Crippen MR) is 76.5 cm³/mol. The lowest BCUT2D eigenvalue weighted by Crippen LogP contribution is -2.42. The fourth-order valence-electron chi connectivity index (χ4n) is 3.81. The minimum atomic E-state index is -0.499. The van der Waals surface area contributed by atoms with E-state index >= 15 is 0 Å². The molecule has 0 spiro atoms. The predicted octanol–water partition coefficient (Wildman–Crippen LogP) is 1.03. The zero-order valence-electron chi connectivity index (χ0n) is 13.3. The summed E-state index contributed by atoms with van der Waals surface area (Å²) in [5.74, 6) is -0.323. The molecule has 1 amide bonds. The highest BCUT2D eigenvalue weighted by Gasteiger charge is 2.63. The molecule has 0 aromatic carbocycles. The van der Waals surface area contributed by atoms with Crippen molar-refractivity contribution < 1.29 is 23.9 Å². The average molecular weight is 309 g/mol. The van der Waals surface area contributed by atoms with Gasteiger partial charge in [0.25, 0.3) is 0 Å². The fraction of sp³-hybridized carbons (Fsp3) is 0.812. The molecule has 1 N–H and O–H groups in total. The van der Waals surface area contributed by atoms with Gasteiger partial charge in [0.05, 0.1) is 5.92 Å². The SMILES string of the molecule is CCC(C)(C)C(=O)NCC(=O)OC1C2CC3C(=O)OC1C3C2. The van der Waals surface area contributed by atoms with Crippen molar-refractivity contribution in [1.82, 2.24) is 5.32 Å². The van der Waals surface area contributed by atoms with E-state index in [2.05, 4.69) is 5.32 Å². The second-order valence-electron chi connectivity index (χ2n) is 7.28. The van der Waals surface area contributed by atoms with Crippen LogP contribution in [0.2, 0.25) is 0 Å². The molecule has 1 saturated heterocycles. The van der Waals surface area contributed by atoms with Crippen molar-refractivity contribution >= 4 is 17.8 Å². The molecule has 5 atom stereocenters. The van der Waals surface area contributed by atoms with E-state index in [4.69, 9.17) is 9.47 Å². The lowest BCUT2D eigenvalue weighted by Gasteiger charge is -2.26. The maximum absolute atomic E-state index is 12.0. The van der Waals surface area contributed by atoms with Crippen LogP contribution in [0.4, 0.5) is 0 Å². The van der Waals surface area contributed by atoms with E-state index in [1.165, 1.54) is 0 Å². The first-order chi connectivity index (χ1) is 10.3. The standard InChI is InChI=1S/C16H23NO5/c1-4-16(2,3)15(20)17-7-11(18)21-12-8-5-9-10(6-8)14(19)22-13(9)12/h8-10,12-13H,4-7H2,1-3H3,(H,17,20). The molecule has 0 radical (unpaired) electrons. The number of fused-ring (bicyclic) bond motifs is 1. The number of hydrogen-bond donors (Lipinski definition) is 1. The average Bonchev–Trinajstić information content (AvgIpc) is 3.09. The van der Waals surface area contributed by atoms with Crippen molar-refractivity contribution in [2.24, 2.45) is 23.2 Å². The number of carbonyl (C=O) groups is 3. The van der Waals surface area contributed by atoms with E-state index in [0.29, 0.717) is 6.42 Å². The van der Waals surface area contributed by atoms with Gasteiger partial charge in [-0.15, -0.1) is 0 Å². The van der Waals surface area contributed by atoms with Gasteiger partial charge in [-0.05, 0) is 19.3 Å². The summed E-state index contributed by atoms with van der Waals surface area (Å²) in [6.07, 6.45) is 1.74. The molecule has 1 aliphatic heterocycles. The Kier molecular flexibility index (Phi) is 3.65. The molecule has 5 unspecified atom stereocenters. The topological polar surface area (TPSA) is 81.7 Å². The maximum Gasteiger partial charge on any atom is 0.325 e. The van der Waals surface area contributed by atoms with Crippen LogP contribution in [0, 0.1) is 23.2 Å². The van der Waals surface area contributed by atoms with Crippen LogP contribution in [0.25, 0.3) is 0 Å². The number of carbonyl (C=O) groups excluding carboxylic acids is 3. The van der Waals surface area contributed by atoms with E-state index in [1.807, 2.05) is 20.8 Å². The third-order valence-corrected chi connectivity index (χ3v) is 5.57. The zero-order valence-corrected chi connectivity index (χ0v) is 13.3. The van der Waals surface area contributed by atoms with Crippen LogP contribution < -0.4 is 5.32 Å². The summed E-state index contributed by atoms with van der Waals surface area (Å²) < 4.78 is 10.8. The van der Waals surface area contributed by atoms with Crippen LogP contribution in [-0.4, -0.2) is 36.6 Å². The first-order valence-electron chi connectivity index (χ1n) is 8.01. The third-order valence-electron chi connectivity index (χ3n) is 5.57. The Morgan fingerprint density at radius 1 is 1.36 bits per heavy atom. The largest absolute Gasteiger partial charge is 0.458 e. The monoisotopic (exact) mass is 309 g/mol. The van der Waals surface area contributed by atoms with Crippen molar-refractivity contribution in [3.8, 4) is 0 Å². The van der Waals surface area contributed by atoms with Crippen molar-refractivity contribution in [3.63, 3.8) is 0 Å². The normalized spacial score (nSPS) is 35.4. The summed E-state index contributed by atoms with van der Waals surface area (Å²) in [6, 6.07) is 0. The smallest absolute Gasteiger partial charge is 0.325 e. The van der Waals surface area contributed by atoms with Crippen LogP contribution >= 0.6 is 0 Å². The van der Waals surface area contributed by atoms with Gasteiger partial charge >= 0.3 is 11.9 Å². The van der Waals surface area contributed by atoms with Crippen molar-refractivity contribution in [1.29, 1.82) is 0 Å². The van der Waals surface area contributed by atoms with Gasteiger partial charge in [0.1, 0.15) is 18.8 Å². The molecule has 2 aliphatic carbocycles. The van der Waals surface area contributed by atoms with Crippen LogP contribution in [0.3, 0.4) is 0 Å². The Morgan fingerprint density at radius 3 is 2.77 bits per heavy atom. The summed E-state index contributed by atoms with van der Waals surface area (Å²) in [4.78, 5) is 35.6. The van der Waals surface area contributed by atoms with Gasteiger partial charge in [-0.1, -0.05) is 20.8 Å². The Morgan fingerprint density at radius 2 is 2.09 bits per heavy atom. The van der Waals surface area contributed by atoms with Crippen LogP contribution in [0.5, 0.6) is 0 Å². The summed E-state index contributed by atoms with van der Waals surface area (Å²) in [6.45, 7) is 5.46. The second-order valence-corrected chi connectivity index (χ2v) is 7.28. The highest BCUT2D eigenvalue weighted by Crippen LogP contribution is 2.55. The second kappa shape index (κ2) is 5.25. The Balaban J connectivity index is 1.51. The van der Waals surface area contributed by atoms with Gasteiger partial charge < -0.3 is 14.8 Å². The number of ether oxygens (including phenoxy) is 2. The summed E-state index contributed by atoms with van der Waals surface area (Å²) in [7, 11) is 0. The highest BCUT2D eigenvalue weighted by molar-refractivity contribution is 5.85. The zero-order chi connectivity index (χ0) is 16.1. The highest BCUT2D eigenvalue weighted by atomic mass is 16.6. The van der Waals surface area contributed by atoms with E-state index in [9.17, 15) is 14.4 Å². The summed E-state index contributed by atoms with van der Waals surface area (Å²) in [5, 5.41) is 2.62. The quantitative estimate of drug-likeness (QED) is 0.767. The van der Waals surface area contributed by atoms with Gasteiger partial charge in [0.2, 0.25) is 5.91 Å². The molecule has 3 aliphatic rings. The Hall–Kier alpha value is -1.59. The van der Waals surface area contributed by atoms with Gasteiger partial charge in [-0.2, -0.15) is 0 Å². The van der Waals surface area contributed by atoms with Crippen molar-refractivity contribution in [3.05, 3.63) is 0 Å². The molecular formula is C16H23NO5. The van der Waals surface area contributed by atoms with E-state index in [1.54, 1.807) is 0 Å². The van der Waals surface area contributed by atoms with Crippen molar-refractivity contribution in [2.45, 2.75) is 52.2 Å². The number of esters is 2. The lowest BCUT2D eigenvalue weighted by atomic mass is 9.88. The maximum atomic E-state index is 12.0. The van der Waals surface area contributed by atoms with Crippen LogP contribution in [-0.2, 0) is 23.9 Å². The molecular weight excluding hydrogens is 286 g/mol. The molecule has 3 rings (SSSR count). The molecule has 1 heterocycles. The molecule has 0 aromatic heterocycles. The molecule has 122 valence electrons. The third kappa shape index (κ3) is 2.38. The van der Waals surface area contributed by atoms with E-state index in [0.717, 1.165) is 12.8 Å². The molecule has 2 saturated carbocycles. The number of rotatable bonds is 5. The number of nitrogens with one attached hydrogen (secondary N) is 1. The summed E-state index contributed by atoms with van der Waals surface area (Å²) in [5.41, 5.74) is -0.499. The van der Waals surface area contributed by atoms with Gasteiger partial charge in [-0.25, -0.2) is 0 Å². The minimum absolute atomic E-state index is 0.00927. The van der Waals surface area contributed by atoms with E-state index < -0.39 is 11.4 Å².